The molecule has 0 saturated carbocycles. The van der Waals surface area contributed by atoms with Gasteiger partial charge in [-0.05, 0) is 18.4 Å². The van der Waals surface area contributed by atoms with Crippen molar-refractivity contribution in [2.24, 2.45) is 16.6 Å². The molecule has 132 valence electrons. The number of aromatic nitrogens is 2. The third kappa shape index (κ3) is 2.65. The van der Waals surface area contributed by atoms with Crippen LogP contribution in [0.5, 0.6) is 5.88 Å². The molecule has 2 aromatic heterocycles. The second kappa shape index (κ2) is 6.14. The third-order valence-electron chi connectivity index (χ3n) is 4.67. The average molecular weight is 379 g/mol. The van der Waals surface area contributed by atoms with E-state index in [1.54, 1.807) is 30.0 Å². The van der Waals surface area contributed by atoms with Crippen LogP contribution >= 0.6 is 23.1 Å². The fraction of sp³-hybridized carbons (Fsp3) is 0.438. The summed E-state index contributed by atoms with van der Waals surface area (Å²) in [5.74, 6) is 0.243. The van der Waals surface area contributed by atoms with E-state index in [1.807, 2.05) is 0 Å². The molecular formula is C16H18FN5OS2. The maximum absolute atomic E-state index is 14.0. The number of ether oxygens (including phenoxy) is 1. The zero-order valence-corrected chi connectivity index (χ0v) is 15.5. The normalized spacial score (nSPS) is 25.6. The van der Waals surface area contributed by atoms with Crippen molar-refractivity contribution in [1.82, 2.24) is 9.97 Å². The maximum Gasteiger partial charge on any atom is 0.255 e. The Labute approximate surface area is 153 Å². The number of hydrogen-bond donors (Lipinski definition) is 1. The zero-order chi connectivity index (χ0) is 17.6. The molecular weight excluding hydrogens is 361 g/mol. The fourth-order valence-corrected chi connectivity index (χ4v) is 5.81. The Morgan fingerprint density at radius 2 is 2.28 bits per heavy atom. The number of aliphatic imine (C=N–C) groups is 1. The van der Waals surface area contributed by atoms with E-state index in [1.165, 1.54) is 12.0 Å². The molecule has 25 heavy (non-hydrogen) atoms. The number of methoxy groups -OCH3 is 1. The van der Waals surface area contributed by atoms with Crippen LogP contribution in [0.2, 0.25) is 0 Å². The second-order valence-corrected chi connectivity index (χ2v) is 8.46. The summed E-state index contributed by atoms with van der Waals surface area (Å²) in [6, 6.07) is 4.20. The number of anilines is 1. The van der Waals surface area contributed by atoms with Crippen LogP contribution in [-0.4, -0.2) is 41.9 Å². The van der Waals surface area contributed by atoms with E-state index in [0.717, 1.165) is 6.54 Å². The smallest absolute Gasteiger partial charge is 0.255 e. The Morgan fingerprint density at radius 1 is 1.44 bits per heavy atom. The van der Waals surface area contributed by atoms with Gasteiger partial charge < -0.3 is 15.4 Å². The van der Waals surface area contributed by atoms with Crippen molar-refractivity contribution in [2.45, 2.75) is 11.7 Å². The van der Waals surface area contributed by atoms with Gasteiger partial charge in [0.1, 0.15) is 0 Å². The highest BCUT2D eigenvalue weighted by molar-refractivity contribution is 8.14. The van der Waals surface area contributed by atoms with Crippen molar-refractivity contribution in [2.75, 3.05) is 31.6 Å². The quantitative estimate of drug-likeness (QED) is 0.882. The largest absolute Gasteiger partial charge is 0.479 e. The molecule has 1 fully saturated rings. The van der Waals surface area contributed by atoms with Crippen LogP contribution in [0.3, 0.4) is 0 Å². The lowest BCUT2D eigenvalue weighted by Gasteiger charge is -2.34. The van der Waals surface area contributed by atoms with E-state index in [0.29, 0.717) is 30.1 Å². The Morgan fingerprint density at radius 3 is 3.00 bits per heavy atom. The number of nitrogens with two attached hydrogens (primary N) is 1. The number of aryl methyl sites for hydroxylation is 1. The predicted molar refractivity (Wildman–Crippen MR) is 99.1 cm³/mol. The van der Waals surface area contributed by atoms with Gasteiger partial charge in [-0.1, -0.05) is 17.8 Å². The molecule has 2 atom stereocenters. The van der Waals surface area contributed by atoms with Gasteiger partial charge in [0, 0.05) is 30.4 Å². The highest BCUT2D eigenvalue weighted by atomic mass is 32.2. The minimum absolute atomic E-state index is 0.0223. The van der Waals surface area contributed by atoms with Crippen LogP contribution < -0.4 is 15.4 Å². The fourth-order valence-electron chi connectivity index (χ4n) is 3.43. The van der Waals surface area contributed by atoms with Crippen LogP contribution in [-0.2, 0) is 4.75 Å². The van der Waals surface area contributed by atoms with Gasteiger partial charge in [-0.15, -0.1) is 11.3 Å². The number of rotatable bonds is 3. The number of thioether (sulfide) groups is 1. The van der Waals surface area contributed by atoms with Crippen LogP contribution in [0.1, 0.15) is 10.6 Å². The SMILES string of the molecule is COc1nc(N2C[C@@H]3CN=C(N)S[C@@]3(c3cccs3)C2)nc(C)c1F. The molecule has 2 aromatic rings. The lowest BCUT2D eigenvalue weighted by atomic mass is 9.93. The predicted octanol–water partition coefficient (Wildman–Crippen LogP) is 2.39. The molecule has 0 aliphatic carbocycles. The zero-order valence-electron chi connectivity index (χ0n) is 13.9. The Hall–Kier alpha value is -1.87. The van der Waals surface area contributed by atoms with Gasteiger partial charge in [0.25, 0.3) is 5.88 Å². The van der Waals surface area contributed by atoms with E-state index >= 15 is 0 Å². The highest BCUT2D eigenvalue weighted by Gasteiger charge is 2.52. The first-order valence-electron chi connectivity index (χ1n) is 7.89. The number of halogens is 1. The summed E-state index contributed by atoms with van der Waals surface area (Å²) in [6.45, 7) is 3.74. The summed E-state index contributed by atoms with van der Waals surface area (Å²) in [5.41, 5.74) is 6.34. The summed E-state index contributed by atoms with van der Waals surface area (Å²) in [6.07, 6.45) is 0. The maximum atomic E-state index is 14.0. The van der Waals surface area contributed by atoms with Crippen LogP contribution in [0.15, 0.2) is 22.5 Å². The van der Waals surface area contributed by atoms with Crippen molar-refractivity contribution >= 4 is 34.2 Å². The molecule has 0 amide bonds. The summed E-state index contributed by atoms with van der Waals surface area (Å²) >= 11 is 3.34. The van der Waals surface area contributed by atoms with E-state index < -0.39 is 5.82 Å². The van der Waals surface area contributed by atoms with E-state index in [-0.39, 0.29) is 16.3 Å². The number of amidine groups is 1. The van der Waals surface area contributed by atoms with Crippen molar-refractivity contribution in [1.29, 1.82) is 0 Å². The van der Waals surface area contributed by atoms with Gasteiger partial charge >= 0.3 is 0 Å². The standard InChI is InChI=1S/C16H18FN5OS2/c1-9-12(17)13(23-2)21-15(20-9)22-7-10-6-19-14(18)25-16(10,8-22)11-4-3-5-24-11/h3-5,10H,6-8H2,1-2H3,(H2,18,19)/t10-,16-/m0/s1. The number of thiophene rings is 1. The Balaban J connectivity index is 1.73. The molecule has 2 aliphatic rings. The van der Waals surface area contributed by atoms with Crippen molar-refractivity contribution in [3.63, 3.8) is 0 Å². The van der Waals surface area contributed by atoms with E-state index in [9.17, 15) is 4.39 Å². The Bertz CT molecular complexity index is 828. The van der Waals surface area contributed by atoms with Gasteiger partial charge in [-0.25, -0.2) is 4.98 Å². The van der Waals surface area contributed by atoms with Crippen molar-refractivity contribution < 1.29 is 9.13 Å². The van der Waals surface area contributed by atoms with E-state index in [2.05, 4.69) is 37.4 Å². The topological polar surface area (TPSA) is 76.6 Å². The first-order valence-corrected chi connectivity index (χ1v) is 9.59. The van der Waals surface area contributed by atoms with Gasteiger partial charge in [0.05, 0.1) is 17.6 Å². The molecule has 0 unspecified atom stereocenters. The average Bonchev–Trinajstić information content (AvgIpc) is 3.24. The highest BCUT2D eigenvalue weighted by Crippen LogP contribution is 2.52. The molecule has 0 bridgehead atoms. The van der Waals surface area contributed by atoms with Gasteiger partial charge in [0.15, 0.2) is 5.17 Å². The van der Waals surface area contributed by atoms with Gasteiger partial charge in [-0.2, -0.15) is 9.37 Å². The molecule has 0 spiro atoms. The summed E-state index contributed by atoms with van der Waals surface area (Å²) < 4.78 is 18.9. The van der Waals surface area contributed by atoms with Gasteiger partial charge in [-0.3, -0.25) is 4.99 Å². The third-order valence-corrected chi connectivity index (χ3v) is 7.23. The summed E-state index contributed by atoms with van der Waals surface area (Å²) in [5, 5.41) is 2.69. The molecule has 2 N–H and O–H groups in total. The lowest BCUT2D eigenvalue weighted by Crippen LogP contribution is -2.38. The molecule has 0 radical (unpaired) electrons. The first kappa shape index (κ1) is 16.6. The number of hydrogen-bond acceptors (Lipinski definition) is 8. The minimum atomic E-state index is -0.516. The number of fused-ring (bicyclic) bond motifs is 1. The van der Waals surface area contributed by atoms with Gasteiger partial charge in [0.2, 0.25) is 11.8 Å². The molecule has 9 heteroatoms. The monoisotopic (exact) mass is 379 g/mol. The molecule has 2 aliphatic heterocycles. The molecule has 4 heterocycles. The minimum Gasteiger partial charge on any atom is -0.479 e. The van der Waals surface area contributed by atoms with Crippen LogP contribution in [0.4, 0.5) is 10.3 Å². The summed E-state index contributed by atoms with van der Waals surface area (Å²) in [4.78, 5) is 16.4. The van der Waals surface area contributed by atoms with E-state index in [4.69, 9.17) is 10.5 Å². The summed E-state index contributed by atoms with van der Waals surface area (Å²) in [7, 11) is 1.41. The molecule has 4 rings (SSSR count). The van der Waals surface area contributed by atoms with Crippen LogP contribution in [0, 0.1) is 18.7 Å². The lowest BCUT2D eigenvalue weighted by molar-refractivity contribution is 0.365. The second-order valence-electron chi connectivity index (χ2n) is 6.16. The molecule has 1 saturated heterocycles. The van der Waals surface area contributed by atoms with Crippen molar-refractivity contribution in [3.05, 3.63) is 33.9 Å². The number of nitrogens with zero attached hydrogens (tertiary/aromatic N) is 4. The Kier molecular flexibility index (Phi) is 4.07. The van der Waals surface area contributed by atoms with Crippen LogP contribution in [0.25, 0.3) is 0 Å². The van der Waals surface area contributed by atoms with Crippen molar-refractivity contribution in [3.8, 4) is 5.88 Å². The first-order chi connectivity index (χ1) is 12.0. The molecule has 6 nitrogen and oxygen atoms in total. The molecule has 0 aromatic carbocycles.